The highest BCUT2D eigenvalue weighted by Gasteiger charge is 2.38. The van der Waals surface area contributed by atoms with Crippen LogP contribution in [-0.2, 0) is 11.0 Å². The lowest BCUT2D eigenvalue weighted by molar-refractivity contribution is -0.275. The van der Waals surface area contributed by atoms with E-state index in [1.165, 1.54) is 18.2 Å². The molecule has 0 unspecified atom stereocenters. The van der Waals surface area contributed by atoms with Crippen LogP contribution in [0.1, 0.15) is 26.3 Å². The molecule has 0 fully saturated rings. The van der Waals surface area contributed by atoms with Gasteiger partial charge >= 0.3 is 6.36 Å². The Morgan fingerprint density at radius 3 is 2.29 bits per heavy atom. The summed E-state index contributed by atoms with van der Waals surface area (Å²) in [6.07, 6.45) is 0.353. The molecule has 134 valence electrons. The molecule has 0 amide bonds. The summed E-state index contributed by atoms with van der Waals surface area (Å²) in [6.45, 7) is 10.2. The van der Waals surface area contributed by atoms with Gasteiger partial charge in [0.1, 0.15) is 18.1 Å². The molecule has 1 aromatic carbocycles. The summed E-state index contributed by atoms with van der Waals surface area (Å²) in [4.78, 5) is 0. The van der Waals surface area contributed by atoms with Crippen LogP contribution in [0.25, 0.3) is 0 Å². The number of terminal acetylenes is 1. The Labute approximate surface area is 142 Å². The average molecular weight is 360 g/mol. The Morgan fingerprint density at radius 1 is 1.17 bits per heavy atom. The molecule has 7 heteroatoms. The van der Waals surface area contributed by atoms with E-state index in [1.807, 2.05) is 13.1 Å². The molecule has 0 aliphatic heterocycles. The van der Waals surface area contributed by atoms with Crippen molar-refractivity contribution in [2.75, 3.05) is 6.61 Å². The number of halogens is 3. The number of rotatable bonds is 6. The Balaban J connectivity index is 3.05. The third-order valence-electron chi connectivity index (χ3n) is 3.97. The summed E-state index contributed by atoms with van der Waals surface area (Å²) in [6, 6.07) is 4.06. The van der Waals surface area contributed by atoms with Gasteiger partial charge in [0.05, 0.1) is 6.61 Å². The van der Waals surface area contributed by atoms with Crippen LogP contribution in [0.15, 0.2) is 18.2 Å². The van der Waals surface area contributed by atoms with Gasteiger partial charge in [0, 0.05) is 5.56 Å². The number of ether oxygens (including phenoxy) is 2. The molecule has 3 nitrogen and oxygen atoms in total. The zero-order valence-corrected chi connectivity index (χ0v) is 15.6. The van der Waals surface area contributed by atoms with Gasteiger partial charge in [0.25, 0.3) is 0 Å². The SMILES string of the molecule is C#CCOc1ccc(OC(F)(F)F)c(CO[Si](C)(C)C(C)(C)C)c1. The molecule has 0 N–H and O–H groups in total. The molecule has 0 saturated carbocycles. The van der Waals surface area contributed by atoms with Crippen molar-refractivity contribution in [3.8, 4) is 23.8 Å². The average Bonchev–Trinajstić information content (AvgIpc) is 2.42. The van der Waals surface area contributed by atoms with Crippen molar-refractivity contribution in [1.29, 1.82) is 0 Å². The maximum absolute atomic E-state index is 12.6. The largest absolute Gasteiger partial charge is 0.573 e. The lowest BCUT2D eigenvalue weighted by atomic mass is 10.2. The second-order valence-corrected chi connectivity index (χ2v) is 11.7. The topological polar surface area (TPSA) is 27.7 Å². The Hall–Kier alpha value is -1.65. The van der Waals surface area contributed by atoms with Crippen molar-refractivity contribution in [2.45, 2.75) is 51.9 Å². The van der Waals surface area contributed by atoms with Crippen LogP contribution in [-0.4, -0.2) is 21.3 Å². The standard InChI is InChI=1S/C17H23F3O3Si/c1-7-10-21-14-8-9-15(23-17(18,19)20)13(11-14)12-22-24(5,6)16(2,3)4/h1,8-9,11H,10,12H2,2-6H3. The molecule has 0 aliphatic carbocycles. The zero-order chi connectivity index (χ0) is 18.6. The normalized spacial score (nSPS) is 12.6. The fourth-order valence-corrected chi connectivity index (χ4v) is 2.53. The number of benzene rings is 1. The van der Waals surface area contributed by atoms with Crippen LogP contribution in [0.3, 0.4) is 0 Å². The van der Waals surface area contributed by atoms with Crippen LogP contribution < -0.4 is 9.47 Å². The minimum Gasteiger partial charge on any atom is -0.481 e. The minimum atomic E-state index is -4.77. The van der Waals surface area contributed by atoms with Gasteiger partial charge in [-0.3, -0.25) is 0 Å². The zero-order valence-electron chi connectivity index (χ0n) is 14.6. The second kappa shape index (κ2) is 7.49. The molecule has 1 aromatic rings. The summed E-state index contributed by atoms with van der Waals surface area (Å²) in [5, 5.41) is -0.0599. The predicted molar refractivity (Wildman–Crippen MR) is 89.4 cm³/mol. The van der Waals surface area contributed by atoms with Gasteiger partial charge in [-0.25, -0.2) is 0 Å². The fraction of sp³-hybridized carbons (Fsp3) is 0.529. The molecule has 0 bridgehead atoms. The first-order valence-electron chi connectivity index (χ1n) is 7.44. The van der Waals surface area contributed by atoms with Gasteiger partial charge < -0.3 is 13.9 Å². The molecule has 24 heavy (non-hydrogen) atoms. The van der Waals surface area contributed by atoms with Gasteiger partial charge in [0.2, 0.25) is 0 Å². The summed E-state index contributed by atoms with van der Waals surface area (Å²) >= 11 is 0. The molecule has 0 aliphatic rings. The van der Waals surface area contributed by atoms with Gasteiger partial charge in [-0.1, -0.05) is 26.7 Å². The van der Waals surface area contributed by atoms with Crippen molar-refractivity contribution >= 4 is 8.32 Å². The molecule has 0 heterocycles. The van der Waals surface area contributed by atoms with E-state index in [4.69, 9.17) is 15.6 Å². The highest BCUT2D eigenvalue weighted by Crippen LogP contribution is 2.38. The van der Waals surface area contributed by atoms with E-state index in [9.17, 15) is 13.2 Å². The first kappa shape index (κ1) is 20.4. The van der Waals surface area contributed by atoms with E-state index >= 15 is 0 Å². The Bertz CT molecular complexity index is 599. The van der Waals surface area contributed by atoms with Crippen LogP contribution in [0, 0.1) is 12.3 Å². The van der Waals surface area contributed by atoms with Gasteiger partial charge in [-0.15, -0.1) is 19.6 Å². The third-order valence-corrected chi connectivity index (χ3v) is 8.45. The third kappa shape index (κ3) is 6.10. The van der Waals surface area contributed by atoms with Crippen LogP contribution in [0.4, 0.5) is 13.2 Å². The summed E-state index contributed by atoms with van der Waals surface area (Å²) in [5.41, 5.74) is 0.270. The molecule has 0 spiro atoms. The van der Waals surface area contributed by atoms with Crippen molar-refractivity contribution in [1.82, 2.24) is 0 Å². The Morgan fingerprint density at radius 2 is 1.79 bits per heavy atom. The van der Waals surface area contributed by atoms with E-state index in [2.05, 4.69) is 31.4 Å². The van der Waals surface area contributed by atoms with E-state index < -0.39 is 14.7 Å². The smallest absolute Gasteiger partial charge is 0.481 e. The second-order valence-electron chi connectivity index (χ2n) is 6.86. The van der Waals surface area contributed by atoms with Crippen LogP contribution in [0.2, 0.25) is 18.1 Å². The van der Waals surface area contributed by atoms with E-state index in [1.54, 1.807) is 0 Å². The number of alkyl halides is 3. The van der Waals surface area contributed by atoms with Crippen molar-refractivity contribution in [2.24, 2.45) is 0 Å². The molecular formula is C17H23F3O3Si. The lowest BCUT2D eigenvalue weighted by Crippen LogP contribution is -2.40. The van der Waals surface area contributed by atoms with Crippen LogP contribution >= 0.6 is 0 Å². The maximum Gasteiger partial charge on any atom is 0.573 e. The predicted octanol–water partition coefficient (Wildman–Crippen LogP) is 5.12. The van der Waals surface area contributed by atoms with E-state index in [0.717, 1.165) is 0 Å². The molecule has 0 saturated heterocycles. The first-order valence-corrected chi connectivity index (χ1v) is 10.4. The Kier molecular flexibility index (Phi) is 6.36. The fourth-order valence-electron chi connectivity index (χ4n) is 1.58. The molecule has 0 aromatic heterocycles. The van der Waals surface area contributed by atoms with E-state index in [-0.39, 0.29) is 29.6 Å². The number of hydrogen-bond donors (Lipinski definition) is 0. The summed E-state index contributed by atoms with van der Waals surface area (Å²) in [5.74, 6) is 2.38. The first-order chi connectivity index (χ1) is 10.9. The molecule has 0 atom stereocenters. The molecular weight excluding hydrogens is 337 g/mol. The monoisotopic (exact) mass is 360 g/mol. The van der Waals surface area contributed by atoms with E-state index in [0.29, 0.717) is 5.75 Å². The van der Waals surface area contributed by atoms with Crippen molar-refractivity contribution < 1.29 is 27.1 Å². The minimum absolute atomic E-state index is 0.00909. The number of hydrogen-bond acceptors (Lipinski definition) is 3. The maximum atomic E-state index is 12.6. The van der Waals surface area contributed by atoms with Crippen molar-refractivity contribution in [3.05, 3.63) is 23.8 Å². The van der Waals surface area contributed by atoms with Gasteiger partial charge in [-0.2, -0.15) is 0 Å². The lowest BCUT2D eigenvalue weighted by Gasteiger charge is -2.36. The summed E-state index contributed by atoms with van der Waals surface area (Å²) in [7, 11) is -2.12. The molecule has 0 radical (unpaired) electrons. The summed E-state index contributed by atoms with van der Waals surface area (Å²) < 4.78 is 53.1. The van der Waals surface area contributed by atoms with Gasteiger partial charge in [0.15, 0.2) is 8.32 Å². The molecule has 1 rings (SSSR count). The van der Waals surface area contributed by atoms with Crippen molar-refractivity contribution in [3.63, 3.8) is 0 Å². The quantitative estimate of drug-likeness (QED) is 0.521. The van der Waals surface area contributed by atoms with Crippen LogP contribution in [0.5, 0.6) is 11.5 Å². The van der Waals surface area contributed by atoms with Gasteiger partial charge in [-0.05, 0) is 36.3 Å². The highest BCUT2D eigenvalue weighted by atomic mass is 28.4. The highest BCUT2D eigenvalue weighted by molar-refractivity contribution is 6.74.